The van der Waals surface area contributed by atoms with Gasteiger partial charge in [-0.05, 0) is 68.4 Å². The molecule has 4 aliphatic rings. The molecule has 0 atom stereocenters. The highest BCUT2D eigenvalue weighted by Gasteiger charge is 2.54. The Labute approximate surface area is 195 Å². The van der Waals surface area contributed by atoms with Gasteiger partial charge in [-0.25, -0.2) is 8.78 Å². The lowest BCUT2D eigenvalue weighted by atomic mass is 9.48. The van der Waals surface area contributed by atoms with E-state index < -0.39 is 11.6 Å². The second kappa shape index (κ2) is 8.05. The molecule has 1 aromatic heterocycles. The van der Waals surface area contributed by atoms with Crippen molar-refractivity contribution in [1.82, 2.24) is 14.8 Å². The molecule has 170 valence electrons. The molecule has 7 rings (SSSR count). The number of hydrogen-bond acceptors (Lipinski definition) is 4. The first-order valence-electron chi connectivity index (χ1n) is 11.6. The Kier molecular flexibility index (Phi) is 5.13. The fourth-order valence-corrected chi connectivity index (χ4v) is 7.73. The number of carbonyl (C=O) groups excluding carboxylic acids is 1. The standard InChI is InChI=1S/C26H25F2N3OS/c27-20-6-7-22(21(28)11-20)31-24(19-4-2-1-3-5-19)29-30-25(31)33-15-23(32)26-12-16-8-17(13-26)10-18(9-16)14-26/h1-7,11,16-18H,8-10,12-15H2. The van der Waals surface area contributed by atoms with Gasteiger partial charge >= 0.3 is 0 Å². The summed E-state index contributed by atoms with van der Waals surface area (Å²) in [5, 5.41) is 9.07. The molecular formula is C26H25F2N3OS. The van der Waals surface area contributed by atoms with Crippen LogP contribution in [0.2, 0.25) is 0 Å². The quantitative estimate of drug-likeness (QED) is 0.413. The average molecular weight is 466 g/mol. The SMILES string of the molecule is O=C(CSc1nnc(-c2ccccc2)n1-c1ccc(F)cc1F)C12CC3CC(CC(C3)C1)C2. The molecule has 0 radical (unpaired) electrons. The van der Waals surface area contributed by atoms with E-state index in [1.807, 2.05) is 30.3 Å². The van der Waals surface area contributed by atoms with Crippen LogP contribution in [0, 0.1) is 34.8 Å². The number of aromatic nitrogens is 3. The van der Waals surface area contributed by atoms with Crippen molar-refractivity contribution in [2.24, 2.45) is 23.2 Å². The molecule has 4 saturated carbocycles. The monoisotopic (exact) mass is 465 g/mol. The van der Waals surface area contributed by atoms with Crippen molar-refractivity contribution < 1.29 is 13.6 Å². The molecule has 4 aliphatic carbocycles. The molecule has 4 fully saturated rings. The van der Waals surface area contributed by atoms with Gasteiger partial charge in [0.05, 0.1) is 11.4 Å². The van der Waals surface area contributed by atoms with Crippen LogP contribution in [0.4, 0.5) is 8.78 Å². The topological polar surface area (TPSA) is 47.8 Å². The summed E-state index contributed by atoms with van der Waals surface area (Å²) in [7, 11) is 0. The molecular weight excluding hydrogens is 440 g/mol. The minimum Gasteiger partial charge on any atom is -0.298 e. The summed E-state index contributed by atoms with van der Waals surface area (Å²) in [5.41, 5.74) is 0.758. The van der Waals surface area contributed by atoms with Gasteiger partial charge in [0.1, 0.15) is 17.4 Å². The number of hydrogen-bond donors (Lipinski definition) is 0. The summed E-state index contributed by atoms with van der Waals surface area (Å²) in [6.07, 6.45) is 6.93. The van der Waals surface area contributed by atoms with E-state index >= 15 is 0 Å². The summed E-state index contributed by atoms with van der Waals surface area (Å²) in [4.78, 5) is 13.5. The Balaban J connectivity index is 1.31. The maximum atomic E-state index is 14.8. The van der Waals surface area contributed by atoms with Gasteiger partial charge < -0.3 is 0 Å². The van der Waals surface area contributed by atoms with Crippen LogP contribution in [0.5, 0.6) is 0 Å². The third kappa shape index (κ3) is 3.70. The number of benzene rings is 2. The maximum absolute atomic E-state index is 14.8. The lowest BCUT2D eigenvalue weighted by molar-refractivity contribution is -0.141. The Morgan fingerprint density at radius 1 is 0.970 bits per heavy atom. The van der Waals surface area contributed by atoms with E-state index in [4.69, 9.17) is 0 Å². The molecule has 0 unspecified atom stereocenters. The first kappa shape index (κ1) is 21.0. The number of halogens is 2. The molecule has 2 aromatic carbocycles. The zero-order chi connectivity index (χ0) is 22.6. The zero-order valence-electron chi connectivity index (χ0n) is 18.2. The zero-order valence-corrected chi connectivity index (χ0v) is 19.0. The van der Waals surface area contributed by atoms with Crippen LogP contribution in [-0.4, -0.2) is 26.3 Å². The number of ketones is 1. The molecule has 1 heterocycles. The van der Waals surface area contributed by atoms with Crippen LogP contribution in [0.1, 0.15) is 38.5 Å². The minimum absolute atomic E-state index is 0.171. The van der Waals surface area contributed by atoms with E-state index in [9.17, 15) is 13.6 Å². The summed E-state index contributed by atoms with van der Waals surface area (Å²) in [6.45, 7) is 0. The van der Waals surface area contributed by atoms with Crippen LogP contribution >= 0.6 is 11.8 Å². The molecule has 7 heteroatoms. The van der Waals surface area contributed by atoms with Gasteiger partial charge in [-0.15, -0.1) is 10.2 Å². The maximum Gasteiger partial charge on any atom is 0.196 e. The van der Waals surface area contributed by atoms with Gasteiger partial charge in [-0.2, -0.15) is 0 Å². The van der Waals surface area contributed by atoms with E-state index in [1.165, 1.54) is 43.2 Å². The Hall–Kier alpha value is -2.54. The van der Waals surface area contributed by atoms with Gasteiger partial charge in [-0.1, -0.05) is 42.1 Å². The van der Waals surface area contributed by atoms with Gasteiger partial charge in [0, 0.05) is 17.0 Å². The van der Waals surface area contributed by atoms with Crippen LogP contribution in [-0.2, 0) is 4.79 Å². The predicted molar refractivity (Wildman–Crippen MR) is 123 cm³/mol. The van der Waals surface area contributed by atoms with Crippen molar-refractivity contribution in [2.75, 3.05) is 5.75 Å². The smallest absolute Gasteiger partial charge is 0.196 e. The highest BCUT2D eigenvalue weighted by molar-refractivity contribution is 7.99. The van der Waals surface area contributed by atoms with E-state index in [-0.39, 0.29) is 11.1 Å². The van der Waals surface area contributed by atoms with Crippen LogP contribution in [0.25, 0.3) is 17.1 Å². The molecule has 33 heavy (non-hydrogen) atoms. The average Bonchev–Trinajstić information content (AvgIpc) is 3.21. The predicted octanol–water partition coefficient (Wildman–Crippen LogP) is 6.09. The molecule has 0 N–H and O–H groups in total. The number of nitrogens with zero attached hydrogens (tertiary/aromatic N) is 3. The summed E-state index contributed by atoms with van der Waals surface area (Å²) in [5.74, 6) is 1.82. The molecule has 0 aliphatic heterocycles. The second-order valence-electron chi connectivity index (χ2n) is 10.0. The van der Waals surface area contributed by atoms with Crippen molar-refractivity contribution in [2.45, 2.75) is 43.7 Å². The molecule has 0 spiro atoms. The fourth-order valence-electron chi connectivity index (χ4n) is 6.75. The van der Waals surface area contributed by atoms with Gasteiger partial charge in [0.2, 0.25) is 0 Å². The Morgan fingerprint density at radius 2 is 1.64 bits per heavy atom. The highest BCUT2D eigenvalue weighted by Crippen LogP contribution is 2.60. The van der Waals surface area contributed by atoms with Crippen molar-refractivity contribution in [3.63, 3.8) is 0 Å². The molecule has 4 nitrogen and oxygen atoms in total. The first-order valence-corrected chi connectivity index (χ1v) is 12.6. The highest BCUT2D eigenvalue weighted by atomic mass is 32.2. The van der Waals surface area contributed by atoms with E-state index in [2.05, 4.69) is 10.2 Å². The normalized spacial score (nSPS) is 27.8. The van der Waals surface area contributed by atoms with Crippen LogP contribution < -0.4 is 0 Å². The van der Waals surface area contributed by atoms with Crippen molar-refractivity contribution in [1.29, 1.82) is 0 Å². The molecule has 0 saturated heterocycles. The third-order valence-electron chi connectivity index (χ3n) is 7.78. The number of thioether (sulfide) groups is 1. The Bertz CT molecular complexity index is 1170. The van der Waals surface area contributed by atoms with Gasteiger partial charge in [0.15, 0.2) is 11.0 Å². The van der Waals surface area contributed by atoms with E-state index in [0.29, 0.717) is 40.3 Å². The molecule has 3 aromatic rings. The Morgan fingerprint density at radius 3 is 2.27 bits per heavy atom. The number of rotatable bonds is 6. The third-order valence-corrected chi connectivity index (χ3v) is 8.71. The first-order chi connectivity index (χ1) is 16.0. The lowest BCUT2D eigenvalue weighted by Crippen LogP contribution is -2.50. The summed E-state index contributed by atoms with van der Waals surface area (Å²) < 4.78 is 30.0. The van der Waals surface area contributed by atoms with Crippen molar-refractivity contribution >= 4 is 17.5 Å². The van der Waals surface area contributed by atoms with Crippen molar-refractivity contribution in [3.05, 3.63) is 60.2 Å². The van der Waals surface area contributed by atoms with Crippen molar-refractivity contribution in [3.8, 4) is 17.1 Å². The number of carbonyl (C=O) groups is 1. The molecule has 4 bridgehead atoms. The molecule has 0 amide bonds. The van der Waals surface area contributed by atoms with E-state index in [0.717, 1.165) is 30.9 Å². The summed E-state index contributed by atoms with van der Waals surface area (Å²) >= 11 is 1.31. The second-order valence-corrected chi connectivity index (χ2v) is 11.0. The van der Waals surface area contributed by atoms with Gasteiger partial charge in [0.25, 0.3) is 0 Å². The fraction of sp³-hybridized carbons (Fsp3) is 0.423. The summed E-state index contributed by atoms with van der Waals surface area (Å²) in [6, 6.07) is 12.9. The number of Topliss-reactive ketones (excluding diaryl/α,β-unsaturated/α-hetero) is 1. The largest absolute Gasteiger partial charge is 0.298 e. The minimum atomic E-state index is -0.693. The van der Waals surface area contributed by atoms with Crippen LogP contribution in [0.15, 0.2) is 53.7 Å². The van der Waals surface area contributed by atoms with Crippen LogP contribution in [0.3, 0.4) is 0 Å². The van der Waals surface area contributed by atoms with E-state index in [1.54, 1.807) is 4.57 Å². The van der Waals surface area contributed by atoms with Gasteiger partial charge in [-0.3, -0.25) is 9.36 Å². The lowest BCUT2D eigenvalue weighted by Gasteiger charge is -2.56.